The number of hydrogen-bond donors (Lipinski definition) is 1. The quantitative estimate of drug-likeness (QED) is 0.699. The number of carbonyl (C=O) groups is 1. The first-order valence-corrected chi connectivity index (χ1v) is 9.71. The van der Waals surface area contributed by atoms with Crippen molar-refractivity contribution < 1.29 is 4.79 Å². The van der Waals surface area contributed by atoms with Crippen LogP contribution in [0.2, 0.25) is 5.02 Å². The van der Waals surface area contributed by atoms with Crippen LogP contribution < -0.4 is 5.32 Å². The fraction of sp³-hybridized carbons (Fsp3) is 0.227. The van der Waals surface area contributed by atoms with Crippen LogP contribution in [0.1, 0.15) is 35.1 Å². The summed E-state index contributed by atoms with van der Waals surface area (Å²) < 4.78 is 1.80. The number of aryl methyl sites for hydroxylation is 1. The zero-order chi connectivity index (χ0) is 19.3. The molecule has 140 valence electrons. The van der Waals surface area contributed by atoms with Crippen LogP contribution in [0, 0.1) is 12.8 Å². The van der Waals surface area contributed by atoms with Crippen molar-refractivity contribution in [1.82, 2.24) is 14.8 Å². The molecule has 0 fully saturated rings. The highest BCUT2D eigenvalue weighted by Crippen LogP contribution is 2.44. The SMILES string of the molecule is Cc1ccccc1[C@H]1C=C2Nc3ncnn3[C@@H](c3ccc(Cl)cc3)[C@@H]2C(=O)C1. The molecule has 3 atom stereocenters. The van der Waals surface area contributed by atoms with Gasteiger partial charge in [0.2, 0.25) is 5.95 Å². The van der Waals surface area contributed by atoms with E-state index in [9.17, 15) is 4.79 Å². The smallest absolute Gasteiger partial charge is 0.226 e. The average molecular weight is 391 g/mol. The van der Waals surface area contributed by atoms with Gasteiger partial charge in [0.25, 0.3) is 0 Å². The topological polar surface area (TPSA) is 59.8 Å². The summed E-state index contributed by atoms with van der Waals surface area (Å²) >= 11 is 6.07. The van der Waals surface area contributed by atoms with Crippen LogP contribution in [0.4, 0.5) is 5.95 Å². The van der Waals surface area contributed by atoms with Crippen molar-refractivity contribution in [3.63, 3.8) is 0 Å². The van der Waals surface area contributed by atoms with Crippen molar-refractivity contribution in [3.05, 3.63) is 88.3 Å². The minimum Gasteiger partial charge on any atom is -0.328 e. The largest absolute Gasteiger partial charge is 0.328 e. The molecule has 0 unspecified atom stereocenters. The van der Waals surface area contributed by atoms with E-state index in [1.54, 1.807) is 4.68 Å². The lowest BCUT2D eigenvalue weighted by Gasteiger charge is -2.38. The number of carbonyl (C=O) groups excluding carboxylic acids is 1. The van der Waals surface area contributed by atoms with Crippen LogP contribution in [0.5, 0.6) is 0 Å². The molecule has 1 aliphatic carbocycles. The van der Waals surface area contributed by atoms with Crippen LogP contribution in [0.3, 0.4) is 0 Å². The minimum atomic E-state index is -0.310. The van der Waals surface area contributed by atoms with E-state index >= 15 is 0 Å². The summed E-state index contributed by atoms with van der Waals surface area (Å²) in [6.07, 6.45) is 4.19. The van der Waals surface area contributed by atoms with Gasteiger partial charge in [0, 0.05) is 23.1 Å². The van der Waals surface area contributed by atoms with Crippen LogP contribution >= 0.6 is 11.6 Å². The van der Waals surface area contributed by atoms with Crippen molar-refractivity contribution in [2.45, 2.75) is 25.3 Å². The van der Waals surface area contributed by atoms with E-state index in [2.05, 4.69) is 40.5 Å². The Bertz CT molecular complexity index is 1090. The van der Waals surface area contributed by atoms with Gasteiger partial charge in [-0.25, -0.2) is 4.68 Å². The molecule has 6 heteroatoms. The van der Waals surface area contributed by atoms with Gasteiger partial charge in [-0.3, -0.25) is 4.79 Å². The number of allylic oxidation sites excluding steroid dienone is 2. The lowest BCUT2D eigenvalue weighted by Crippen LogP contribution is -2.40. The van der Waals surface area contributed by atoms with Crippen molar-refractivity contribution in [1.29, 1.82) is 0 Å². The van der Waals surface area contributed by atoms with Gasteiger partial charge in [0.1, 0.15) is 12.1 Å². The van der Waals surface area contributed by atoms with E-state index in [1.807, 2.05) is 36.4 Å². The Kier molecular flexibility index (Phi) is 4.05. The second-order valence-electron chi connectivity index (χ2n) is 7.38. The third-order valence-electron chi connectivity index (χ3n) is 5.69. The molecular formula is C22H19ClN4O. The number of nitrogens with zero attached hydrogens (tertiary/aromatic N) is 3. The Morgan fingerprint density at radius 1 is 1.14 bits per heavy atom. The molecule has 1 N–H and O–H groups in total. The molecule has 0 bridgehead atoms. The lowest BCUT2D eigenvalue weighted by molar-refractivity contribution is -0.123. The maximum absolute atomic E-state index is 13.3. The summed E-state index contributed by atoms with van der Waals surface area (Å²) in [7, 11) is 0. The van der Waals surface area contributed by atoms with Crippen molar-refractivity contribution in [3.8, 4) is 0 Å². The summed E-state index contributed by atoms with van der Waals surface area (Å²) in [5, 5.41) is 8.40. The molecule has 2 aliphatic rings. The summed E-state index contributed by atoms with van der Waals surface area (Å²) in [6, 6.07) is 15.6. The Labute approximate surface area is 168 Å². The number of fused-ring (bicyclic) bond motifs is 2. The highest BCUT2D eigenvalue weighted by molar-refractivity contribution is 6.30. The third kappa shape index (κ3) is 2.74. The lowest BCUT2D eigenvalue weighted by atomic mass is 9.75. The summed E-state index contributed by atoms with van der Waals surface area (Å²) in [4.78, 5) is 17.7. The first-order chi connectivity index (χ1) is 13.6. The second kappa shape index (κ2) is 6.60. The molecule has 1 aromatic heterocycles. The standard InChI is InChI=1S/C22H19ClN4O/c1-13-4-2-3-5-17(13)15-10-18-20(19(28)11-15)21(14-6-8-16(23)9-7-14)27-22(26-18)24-12-25-27/h2-10,12,15,20-21H,11H2,1H3,(H,24,25,26)/t15-,20-,21-/m0/s1. The molecule has 0 saturated heterocycles. The zero-order valence-electron chi connectivity index (χ0n) is 15.3. The van der Waals surface area contributed by atoms with E-state index in [0.717, 1.165) is 11.3 Å². The second-order valence-corrected chi connectivity index (χ2v) is 7.82. The Balaban J connectivity index is 1.62. The summed E-state index contributed by atoms with van der Waals surface area (Å²) in [5.41, 5.74) is 4.30. The Morgan fingerprint density at radius 3 is 2.71 bits per heavy atom. The molecule has 1 aliphatic heterocycles. The van der Waals surface area contributed by atoms with Gasteiger partial charge < -0.3 is 5.32 Å². The van der Waals surface area contributed by atoms with Crippen LogP contribution in [0.15, 0.2) is 66.6 Å². The van der Waals surface area contributed by atoms with E-state index in [0.29, 0.717) is 17.4 Å². The Hall–Kier alpha value is -2.92. The van der Waals surface area contributed by atoms with Gasteiger partial charge in [0.15, 0.2) is 0 Å². The van der Waals surface area contributed by atoms with Gasteiger partial charge in [-0.05, 0) is 35.7 Å². The molecule has 2 heterocycles. The number of halogens is 1. The number of ketones is 1. The molecule has 0 amide bonds. The van der Waals surface area contributed by atoms with E-state index in [4.69, 9.17) is 11.6 Å². The number of rotatable bonds is 2. The van der Waals surface area contributed by atoms with E-state index in [-0.39, 0.29) is 23.7 Å². The van der Waals surface area contributed by atoms with Crippen LogP contribution in [-0.4, -0.2) is 20.5 Å². The molecule has 5 rings (SSSR count). The van der Waals surface area contributed by atoms with Gasteiger partial charge in [-0.15, -0.1) is 0 Å². The van der Waals surface area contributed by atoms with Crippen molar-refractivity contribution >= 4 is 23.3 Å². The minimum absolute atomic E-state index is 0.0628. The predicted octanol–water partition coefficient (Wildman–Crippen LogP) is 4.51. The average Bonchev–Trinajstić information content (AvgIpc) is 3.15. The molecule has 2 aromatic carbocycles. The highest BCUT2D eigenvalue weighted by atomic mass is 35.5. The first kappa shape index (κ1) is 17.2. The number of anilines is 1. The van der Waals surface area contributed by atoms with Gasteiger partial charge in [-0.1, -0.05) is 54.1 Å². The maximum Gasteiger partial charge on any atom is 0.226 e. The number of Topliss-reactive ketones (excluding diaryl/α,β-unsaturated/α-hetero) is 1. The molecule has 28 heavy (non-hydrogen) atoms. The van der Waals surface area contributed by atoms with Crippen molar-refractivity contribution in [2.75, 3.05) is 5.32 Å². The van der Waals surface area contributed by atoms with E-state index in [1.165, 1.54) is 17.5 Å². The number of nitrogens with one attached hydrogen (secondary N) is 1. The normalized spacial score (nSPS) is 23.4. The van der Waals surface area contributed by atoms with Gasteiger partial charge >= 0.3 is 0 Å². The van der Waals surface area contributed by atoms with E-state index < -0.39 is 0 Å². The predicted molar refractivity (Wildman–Crippen MR) is 108 cm³/mol. The number of hydrogen-bond acceptors (Lipinski definition) is 4. The Morgan fingerprint density at radius 2 is 1.93 bits per heavy atom. The zero-order valence-corrected chi connectivity index (χ0v) is 16.1. The highest BCUT2D eigenvalue weighted by Gasteiger charge is 2.43. The molecular weight excluding hydrogens is 372 g/mol. The van der Waals surface area contributed by atoms with Gasteiger partial charge in [-0.2, -0.15) is 10.1 Å². The third-order valence-corrected chi connectivity index (χ3v) is 5.94. The number of benzene rings is 2. The molecule has 0 spiro atoms. The maximum atomic E-state index is 13.3. The molecule has 0 saturated carbocycles. The van der Waals surface area contributed by atoms with Crippen molar-refractivity contribution in [2.24, 2.45) is 5.92 Å². The molecule has 5 nitrogen and oxygen atoms in total. The fourth-order valence-electron chi connectivity index (χ4n) is 4.37. The number of aromatic nitrogens is 3. The molecule has 0 radical (unpaired) electrons. The summed E-state index contributed by atoms with van der Waals surface area (Å²) in [5.74, 6) is 0.614. The summed E-state index contributed by atoms with van der Waals surface area (Å²) in [6.45, 7) is 2.09. The first-order valence-electron chi connectivity index (χ1n) is 9.34. The van der Waals surface area contributed by atoms with Crippen LogP contribution in [-0.2, 0) is 4.79 Å². The fourth-order valence-corrected chi connectivity index (χ4v) is 4.50. The molecule has 3 aromatic rings. The monoisotopic (exact) mass is 390 g/mol. The van der Waals surface area contributed by atoms with Crippen LogP contribution in [0.25, 0.3) is 0 Å². The van der Waals surface area contributed by atoms with Gasteiger partial charge in [0.05, 0.1) is 12.0 Å².